The summed E-state index contributed by atoms with van der Waals surface area (Å²) in [6.45, 7) is 0. The molecule has 3 aromatic carbocycles. The normalized spacial score (nSPS) is 10.9. The first-order valence-corrected chi connectivity index (χ1v) is 9.27. The Balaban J connectivity index is 1.89. The topological polar surface area (TPSA) is 17.8 Å². The van der Waals surface area contributed by atoms with Crippen molar-refractivity contribution >= 4 is 24.1 Å². The highest BCUT2D eigenvalue weighted by molar-refractivity contribution is 7.79. The molecule has 2 nitrogen and oxygen atoms in total. The second-order valence-electron chi connectivity index (χ2n) is 5.44. The standard InChI is InChI=1S/C21H17N2P/c1-4-10-18(11-5-1)23-17-16-22-21(23)24(19-12-6-2-7-13-19)20-14-8-3-9-15-20/h1-17H. The van der Waals surface area contributed by atoms with Gasteiger partial charge in [0.25, 0.3) is 0 Å². The van der Waals surface area contributed by atoms with Gasteiger partial charge in [0.05, 0.1) is 0 Å². The van der Waals surface area contributed by atoms with E-state index in [2.05, 4.69) is 89.5 Å². The Morgan fingerprint density at radius 1 is 0.625 bits per heavy atom. The van der Waals surface area contributed by atoms with E-state index >= 15 is 0 Å². The van der Waals surface area contributed by atoms with Gasteiger partial charge in [-0.1, -0.05) is 78.9 Å². The number of para-hydroxylation sites is 1. The monoisotopic (exact) mass is 328 g/mol. The summed E-state index contributed by atoms with van der Waals surface area (Å²) >= 11 is 0. The van der Waals surface area contributed by atoms with Crippen molar-refractivity contribution < 1.29 is 0 Å². The minimum atomic E-state index is -0.702. The number of hydrogen-bond acceptors (Lipinski definition) is 1. The highest BCUT2D eigenvalue weighted by Gasteiger charge is 2.21. The van der Waals surface area contributed by atoms with Gasteiger partial charge in [-0.25, -0.2) is 4.98 Å². The predicted molar refractivity (Wildman–Crippen MR) is 102 cm³/mol. The van der Waals surface area contributed by atoms with Crippen LogP contribution in [0.2, 0.25) is 0 Å². The maximum atomic E-state index is 4.74. The van der Waals surface area contributed by atoms with Crippen LogP contribution in [-0.2, 0) is 0 Å². The summed E-state index contributed by atoms with van der Waals surface area (Å²) in [5.41, 5.74) is 2.23. The number of aromatic nitrogens is 2. The molecule has 0 aliphatic rings. The molecule has 0 aliphatic carbocycles. The zero-order valence-corrected chi connectivity index (χ0v) is 14.1. The van der Waals surface area contributed by atoms with Gasteiger partial charge in [0.1, 0.15) is 5.57 Å². The average molecular weight is 328 g/mol. The molecule has 0 fully saturated rings. The molecule has 1 heterocycles. The van der Waals surface area contributed by atoms with Crippen molar-refractivity contribution in [3.63, 3.8) is 0 Å². The molecule has 3 heteroatoms. The fourth-order valence-electron chi connectivity index (χ4n) is 2.79. The molecule has 0 aliphatic heterocycles. The molecule has 4 aromatic rings. The number of hydrogen-bond donors (Lipinski definition) is 0. The lowest BCUT2D eigenvalue weighted by Crippen LogP contribution is -2.27. The Kier molecular flexibility index (Phi) is 4.22. The van der Waals surface area contributed by atoms with Gasteiger partial charge >= 0.3 is 0 Å². The molecular weight excluding hydrogens is 311 g/mol. The zero-order valence-electron chi connectivity index (χ0n) is 13.2. The Labute approximate surface area is 143 Å². The Morgan fingerprint density at radius 3 is 1.67 bits per heavy atom. The van der Waals surface area contributed by atoms with E-state index in [1.807, 2.05) is 18.5 Å². The van der Waals surface area contributed by atoms with Crippen molar-refractivity contribution in [3.8, 4) is 5.69 Å². The van der Waals surface area contributed by atoms with Gasteiger partial charge in [-0.3, -0.25) is 4.57 Å². The first-order valence-electron chi connectivity index (χ1n) is 7.92. The first-order chi connectivity index (χ1) is 11.9. The molecule has 0 radical (unpaired) electrons. The molecule has 0 amide bonds. The van der Waals surface area contributed by atoms with Crippen LogP contribution in [0.5, 0.6) is 0 Å². The Morgan fingerprint density at radius 2 is 1.12 bits per heavy atom. The summed E-state index contributed by atoms with van der Waals surface area (Å²) in [5, 5.41) is 2.61. The lowest BCUT2D eigenvalue weighted by Gasteiger charge is -2.19. The molecule has 116 valence electrons. The van der Waals surface area contributed by atoms with E-state index in [1.54, 1.807) is 0 Å². The van der Waals surface area contributed by atoms with Crippen LogP contribution in [0.4, 0.5) is 0 Å². The predicted octanol–water partition coefficient (Wildman–Crippen LogP) is 3.63. The minimum absolute atomic E-state index is 0.702. The summed E-state index contributed by atoms with van der Waals surface area (Å²) in [4.78, 5) is 4.74. The SMILES string of the molecule is c1ccc(-n2ccnc2P(c2ccccc2)c2ccccc2)cc1. The molecule has 0 saturated heterocycles. The van der Waals surface area contributed by atoms with Crippen LogP contribution in [0, 0.1) is 0 Å². The van der Waals surface area contributed by atoms with Crippen LogP contribution in [-0.4, -0.2) is 9.55 Å². The quantitative estimate of drug-likeness (QED) is 0.523. The van der Waals surface area contributed by atoms with E-state index in [0.717, 1.165) is 11.3 Å². The van der Waals surface area contributed by atoms with E-state index in [1.165, 1.54) is 10.6 Å². The average Bonchev–Trinajstić information content (AvgIpc) is 3.14. The van der Waals surface area contributed by atoms with Crippen molar-refractivity contribution in [2.24, 2.45) is 0 Å². The van der Waals surface area contributed by atoms with Crippen LogP contribution >= 0.6 is 7.92 Å². The van der Waals surface area contributed by atoms with Crippen LogP contribution in [0.15, 0.2) is 103 Å². The summed E-state index contributed by atoms with van der Waals surface area (Å²) in [7, 11) is -0.702. The van der Waals surface area contributed by atoms with E-state index in [9.17, 15) is 0 Å². The third-order valence-corrected chi connectivity index (χ3v) is 6.24. The fourth-order valence-corrected chi connectivity index (χ4v) is 5.07. The highest BCUT2D eigenvalue weighted by Crippen LogP contribution is 2.32. The van der Waals surface area contributed by atoms with Crippen molar-refractivity contribution in [2.75, 3.05) is 0 Å². The lowest BCUT2D eigenvalue weighted by atomic mass is 10.3. The first kappa shape index (κ1) is 14.9. The van der Waals surface area contributed by atoms with E-state index in [4.69, 9.17) is 4.98 Å². The van der Waals surface area contributed by atoms with Gasteiger partial charge in [-0.15, -0.1) is 0 Å². The second-order valence-corrected chi connectivity index (χ2v) is 7.54. The lowest BCUT2D eigenvalue weighted by molar-refractivity contribution is 1.11. The van der Waals surface area contributed by atoms with Gasteiger partial charge in [0, 0.05) is 26.0 Å². The zero-order chi connectivity index (χ0) is 16.2. The van der Waals surface area contributed by atoms with Gasteiger partial charge in [-0.2, -0.15) is 0 Å². The number of benzene rings is 3. The molecule has 0 spiro atoms. The summed E-state index contributed by atoms with van der Waals surface area (Å²) < 4.78 is 2.20. The number of imidazole rings is 1. The molecule has 0 N–H and O–H groups in total. The van der Waals surface area contributed by atoms with Crippen molar-refractivity contribution in [1.82, 2.24) is 9.55 Å². The Bertz CT molecular complexity index is 863. The third-order valence-electron chi connectivity index (χ3n) is 3.88. The third kappa shape index (κ3) is 2.89. The van der Waals surface area contributed by atoms with Gasteiger partial charge in [-0.05, 0) is 22.7 Å². The molecule has 4 rings (SSSR count). The molecule has 0 bridgehead atoms. The minimum Gasteiger partial charge on any atom is -0.300 e. The smallest absolute Gasteiger partial charge is 0.145 e. The summed E-state index contributed by atoms with van der Waals surface area (Å²) in [6.07, 6.45) is 3.94. The molecular formula is C21H17N2P. The number of rotatable bonds is 4. The van der Waals surface area contributed by atoms with Crippen LogP contribution in [0.1, 0.15) is 0 Å². The molecule has 0 unspecified atom stereocenters. The number of nitrogens with zero attached hydrogens (tertiary/aromatic N) is 2. The second kappa shape index (κ2) is 6.82. The summed E-state index contributed by atoms with van der Waals surface area (Å²) in [5.74, 6) is 0. The fraction of sp³-hybridized carbons (Fsp3) is 0. The van der Waals surface area contributed by atoms with E-state index < -0.39 is 7.92 Å². The largest absolute Gasteiger partial charge is 0.300 e. The molecule has 1 aromatic heterocycles. The van der Waals surface area contributed by atoms with Gasteiger partial charge in [0.2, 0.25) is 0 Å². The maximum absolute atomic E-state index is 4.74. The van der Waals surface area contributed by atoms with Crippen molar-refractivity contribution in [2.45, 2.75) is 0 Å². The highest BCUT2D eigenvalue weighted by atomic mass is 31.1. The van der Waals surface area contributed by atoms with E-state index in [-0.39, 0.29) is 0 Å². The van der Waals surface area contributed by atoms with Crippen molar-refractivity contribution in [3.05, 3.63) is 103 Å². The van der Waals surface area contributed by atoms with Gasteiger partial charge < -0.3 is 0 Å². The summed E-state index contributed by atoms with van der Waals surface area (Å²) in [6, 6.07) is 31.7. The van der Waals surface area contributed by atoms with E-state index in [0.29, 0.717) is 0 Å². The van der Waals surface area contributed by atoms with Crippen molar-refractivity contribution in [1.29, 1.82) is 0 Å². The van der Waals surface area contributed by atoms with Crippen LogP contribution < -0.4 is 16.2 Å². The van der Waals surface area contributed by atoms with Gasteiger partial charge in [0.15, 0.2) is 0 Å². The Hall–Kier alpha value is -2.70. The maximum Gasteiger partial charge on any atom is 0.145 e. The van der Waals surface area contributed by atoms with Crippen LogP contribution in [0.25, 0.3) is 5.69 Å². The van der Waals surface area contributed by atoms with Crippen LogP contribution in [0.3, 0.4) is 0 Å². The molecule has 24 heavy (non-hydrogen) atoms. The molecule has 0 saturated carbocycles. The molecule has 0 atom stereocenters.